The number of carbonyl (C=O) groups is 2. The normalized spacial score (nSPS) is 19.6. The smallest absolute Gasteiger partial charge is 0.282 e. The van der Waals surface area contributed by atoms with Gasteiger partial charge in [-0.2, -0.15) is 17.0 Å². The summed E-state index contributed by atoms with van der Waals surface area (Å²) in [4.78, 5) is 42.3. The molecule has 3 unspecified atom stereocenters. The van der Waals surface area contributed by atoms with Crippen molar-refractivity contribution in [3.8, 4) is 28.4 Å². The lowest BCUT2D eigenvalue weighted by Gasteiger charge is -2.30. The first-order valence-corrected chi connectivity index (χ1v) is 18.9. The first kappa shape index (κ1) is 37.4. The van der Waals surface area contributed by atoms with Gasteiger partial charge in [0.15, 0.2) is 11.5 Å². The molecule has 2 amide bonds. The Bertz CT molecular complexity index is 1750. The van der Waals surface area contributed by atoms with Crippen LogP contribution in [0, 0.1) is 5.92 Å². The summed E-state index contributed by atoms with van der Waals surface area (Å²) in [5.74, 6) is 0.841. The molecular formula is C36H51N5O8S. The predicted octanol–water partition coefficient (Wildman–Crippen LogP) is 3.56. The number of carbonyl (C=O) groups excluding carboxylic acids is 2. The zero-order valence-electron chi connectivity index (χ0n) is 30.0. The summed E-state index contributed by atoms with van der Waals surface area (Å²) in [5.41, 5.74) is 2.88. The molecule has 274 valence electrons. The molecule has 2 aromatic rings. The van der Waals surface area contributed by atoms with Gasteiger partial charge in [-0.3, -0.25) is 14.4 Å². The van der Waals surface area contributed by atoms with E-state index in [1.165, 1.54) is 28.7 Å². The second-order valence-electron chi connectivity index (χ2n) is 13.3. The Hall–Kier alpha value is -3.88. The van der Waals surface area contributed by atoms with Crippen molar-refractivity contribution in [3.05, 3.63) is 45.6 Å². The maximum Gasteiger partial charge on any atom is 0.282 e. The minimum absolute atomic E-state index is 0.136. The fraction of sp³-hybridized carbons (Fsp3) is 0.583. The van der Waals surface area contributed by atoms with Gasteiger partial charge < -0.3 is 29.7 Å². The van der Waals surface area contributed by atoms with Crippen LogP contribution in [0.15, 0.2) is 29.1 Å². The Morgan fingerprint density at radius 2 is 1.60 bits per heavy atom. The number of fused-ring (bicyclic) bond motifs is 3. The van der Waals surface area contributed by atoms with Crippen LogP contribution in [0.5, 0.6) is 17.2 Å². The molecule has 0 saturated carbocycles. The maximum absolute atomic E-state index is 14.2. The van der Waals surface area contributed by atoms with Crippen molar-refractivity contribution in [2.75, 3.05) is 65.9 Å². The molecule has 2 N–H and O–H groups in total. The molecule has 2 heterocycles. The molecule has 0 aromatic heterocycles. The van der Waals surface area contributed by atoms with Crippen LogP contribution in [-0.4, -0.2) is 100 Å². The lowest BCUT2D eigenvalue weighted by Crippen LogP contribution is -2.48. The summed E-state index contributed by atoms with van der Waals surface area (Å²) in [6.07, 6.45) is 4.01. The molecule has 14 heteroatoms. The van der Waals surface area contributed by atoms with E-state index in [0.717, 1.165) is 24.0 Å². The standard InChI is InChI=1S/C36H51N5O8S/c1-7-23(2)33(36(44)39-15-10-18-41(20-19-39)50(45,46)40-16-8-9-17-40)38-29-14-12-26-27(22-30(29)43)28(37-24(3)42)13-11-25-21-31(47-4)34(48-5)35(49-6)32(25)26/h12,14,21-23,28,33H,7-11,13,15-20H2,1-6H3,(H,37,42)(H,38,43). The van der Waals surface area contributed by atoms with Crippen molar-refractivity contribution in [2.24, 2.45) is 5.92 Å². The van der Waals surface area contributed by atoms with Crippen LogP contribution in [-0.2, 0) is 26.2 Å². The summed E-state index contributed by atoms with van der Waals surface area (Å²) in [6, 6.07) is 5.76. The molecule has 3 aliphatic rings. The molecule has 2 aromatic carbocycles. The first-order chi connectivity index (χ1) is 23.9. The fourth-order valence-electron chi connectivity index (χ4n) is 7.30. The number of hydrogen-bond donors (Lipinski definition) is 2. The number of benzene rings is 1. The maximum atomic E-state index is 14.2. The predicted molar refractivity (Wildman–Crippen MR) is 192 cm³/mol. The first-order valence-electron chi connectivity index (χ1n) is 17.5. The molecule has 5 rings (SSSR count). The number of methoxy groups -OCH3 is 3. The van der Waals surface area contributed by atoms with E-state index in [9.17, 15) is 22.8 Å². The average Bonchev–Trinajstić information content (AvgIpc) is 3.41. The van der Waals surface area contributed by atoms with Crippen LogP contribution in [0.4, 0.5) is 5.69 Å². The summed E-state index contributed by atoms with van der Waals surface area (Å²) in [6.45, 7) is 7.73. The summed E-state index contributed by atoms with van der Waals surface area (Å²) in [7, 11) is 1.07. The number of anilines is 1. The van der Waals surface area contributed by atoms with Gasteiger partial charge in [-0.05, 0) is 72.9 Å². The third-order valence-corrected chi connectivity index (χ3v) is 12.2. The zero-order valence-corrected chi connectivity index (χ0v) is 30.9. The Labute approximate surface area is 295 Å². The van der Waals surface area contributed by atoms with E-state index in [2.05, 4.69) is 10.6 Å². The summed E-state index contributed by atoms with van der Waals surface area (Å²) < 4.78 is 46.8. The number of aryl methyl sites for hydroxylation is 1. The number of rotatable bonds is 11. The van der Waals surface area contributed by atoms with E-state index < -0.39 is 22.3 Å². The Morgan fingerprint density at radius 1 is 0.920 bits per heavy atom. The van der Waals surface area contributed by atoms with E-state index in [1.54, 1.807) is 25.2 Å². The highest BCUT2D eigenvalue weighted by molar-refractivity contribution is 7.86. The summed E-state index contributed by atoms with van der Waals surface area (Å²) in [5, 5.41) is 6.33. The molecule has 1 aliphatic carbocycles. The number of amides is 2. The van der Waals surface area contributed by atoms with Crippen molar-refractivity contribution in [1.82, 2.24) is 18.8 Å². The van der Waals surface area contributed by atoms with Crippen molar-refractivity contribution < 1.29 is 32.2 Å². The lowest BCUT2D eigenvalue weighted by atomic mass is 9.95. The molecule has 3 atom stereocenters. The Morgan fingerprint density at radius 3 is 2.24 bits per heavy atom. The molecule has 0 radical (unpaired) electrons. The fourth-order valence-corrected chi connectivity index (χ4v) is 9.02. The molecule has 13 nitrogen and oxygen atoms in total. The quantitative estimate of drug-likeness (QED) is 0.357. The van der Waals surface area contributed by atoms with E-state index in [1.807, 2.05) is 26.0 Å². The van der Waals surface area contributed by atoms with E-state index in [4.69, 9.17) is 14.2 Å². The van der Waals surface area contributed by atoms with Crippen molar-refractivity contribution in [2.45, 2.75) is 71.4 Å². The largest absolute Gasteiger partial charge is 0.493 e. The van der Waals surface area contributed by atoms with Gasteiger partial charge in [-0.1, -0.05) is 26.3 Å². The van der Waals surface area contributed by atoms with Gasteiger partial charge in [0.25, 0.3) is 10.2 Å². The topological polar surface area (TPSA) is 147 Å². The van der Waals surface area contributed by atoms with Gasteiger partial charge in [-0.25, -0.2) is 0 Å². The Kier molecular flexibility index (Phi) is 12.0. The van der Waals surface area contributed by atoms with Crippen LogP contribution in [0.25, 0.3) is 11.1 Å². The Balaban J connectivity index is 1.51. The monoisotopic (exact) mass is 713 g/mol. The van der Waals surface area contributed by atoms with Crippen molar-refractivity contribution >= 4 is 27.7 Å². The third-order valence-electron chi connectivity index (χ3n) is 10.2. The molecular weight excluding hydrogens is 662 g/mol. The van der Waals surface area contributed by atoms with Crippen LogP contribution >= 0.6 is 0 Å². The SMILES string of the molecule is CCC(C)C(Nc1ccc2c(cc1=O)C(NC(C)=O)CCc1cc(OC)c(OC)c(OC)c1-2)C(=O)N1CCCN(S(=O)(=O)N2CCCC2)CC1. The highest BCUT2D eigenvalue weighted by Crippen LogP contribution is 2.50. The van der Waals surface area contributed by atoms with Gasteiger partial charge in [0.2, 0.25) is 23.0 Å². The average molecular weight is 714 g/mol. The minimum Gasteiger partial charge on any atom is -0.493 e. The van der Waals surface area contributed by atoms with Gasteiger partial charge in [0.05, 0.1) is 33.1 Å². The number of nitrogens with zero attached hydrogens (tertiary/aromatic N) is 3. The van der Waals surface area contributed by atoms with Crippen LogP contribution in [0.2, 0.25) is 0 Å². The lowest BCUT2D eigenvalue weighted by molar-refractivity contribution is -0.133. The molecule has 0 spiro atoms. The highest BCUT2D eigenvalue weighted by Gasteiger charge is 2.36. The van der Waals surface area contributed by atoms with Gasteiger partial charge in [0.1, 0.15) is 6.04 Å². The molecule has 2 saturated heterocycles. The molecule has 0 bridgehead atoms. The van der Waals surface area contributed by atoms with Crippen molar-refractivity contribution in [3.63, 3.8) is 0 Å². The van der Waals surface area contributed by atoms with Crippen LogP contribution in [0.1, 0.15) is 70.0 Å². The second kappa shape index (κ2) is 16.0. The third kappa shape index (κ3) is 7.57. The minimum atomic E-state index is -3.57. The van der Waals surface area contributed by atoms with Gasteiger partial charge in [-0.15, -0.1) is 0 Å². The zero-order chi connectivity index (χ0) is 36.2. The number of hydrogen-bond acceptors (Lipinski definition) is 9. The molecule has 2 aliphatic heterocycles. The second-order valence-corrected chi connectivity index (χ2v) is 15.2. The van der Waals surface area contributed by atoms with E-state index in [-0.39, 0.29) is 41.9 Å². The summed E-state index contributed by atoms with van der Waals surface area (Å²) >= 11 is 0. The molecule has 2 fully saturated rings. The van der Waals surface area contributed by atoms with E-state index in [0.29, 0.717) is 80.2 Å². The highest BCUT2D eigenvalue weighted by atomic mass is 32.2. The van der Waals surface area contributed by atoms with E-state index >= 15 is 0 Å². The van der Waals surface area contributed by atoms with Crippen LogP contribution in [0.3, 0.4) is 0 Å². The molecule has 50 heavy (non-hydrogen) atoms. The van der Waals surface area contributed by atoms with Crippen molar-refractivity contribution in [1.29, 1.82) is 0 Å². The number of ether oxygens (including phenoxy) is 3. The van der Waals surface area contributed by atoms with Gasteiger partial charge >= 0.3 is 0 Å². The number of nitrogens with one attached hydrogen (secondary N) is 2. The van der Waals surface area contributed by atoms with Gasteiger partial charge in [0, 0.05) is 51.8 Å². The van der Waals surface area contributed by atoms with Crippen LogP contribution < -0.4 is 30.3 Å².